The minimum absolute atomic E-state index is 0.00425. The molecule has 0 aliphatic heterocycles. The number of fused-ring (bicyclic) bond motifs is 3. The van der Waals surface area contributed by atoms with E-state index < -0.39 is 15.9 Å². The topological polar surface area (TPSA) is 0 Å². The normalized spacial score (nSPS) is 15.4. The predicted octanol–water partition coefficient (Wildman–Crippen LogP) is 13.7. The second-order valence-corrected chi connectivity index (χ2v) is 37.8. The Morgan fingerprint density at radius 3 is 1.41 bits per heavy atom. The summed E-state index contributed by atoms with van der Waals surface area (Å²) >= 11 is 2.12. The summed E-state index contributed by atoms with van der Waals surface area (Å²) in [6.45, 7) is 18.3. The second kappa shape index (κ2) is 11.9. The van der Waals surface area contributed by atoms with Crippen LogP contribution in [0.2, 0.25) is 3.63 Å². The molecule has 0 atom stereocenters. The van der Waals surface area contributed by atoms with E-state index in [4.69, 9.17) is 17.0 Å². The third-order valence-electron chi connectivity index (χ3n) is 9.91. The van der Waals surface area contributed by atoms with Gasteiger partial charge in [-0.05, 0) is 0 Å². The van der Waals surface area contributed by atoms with Crippen LogP contribution in [-0.2, 0) is 26.7 Å². The van der Waals surface area contributed by atoms with Crippen molar-refractivity contribution in [3.8, 4) is 11.1 Å². The second-order valence-electron chi connectivity index (χ2n) is 15.3. The summed E-state index contributed by atoms with van der Waals surface area (Å²) in [5, 5.41) is 0. The molecule has 0 nitrogen and oxygen atoms in total. The van der Waals surface area contributed by atoms with Crippen molar-refractivity contribution in [2.75, 3.05) is 0 Å². The van der Waals surface area contributed by atoms with Gasteiger partial charge in [-0.15, -0.1) is 0 Å². The molecule has 0 saturated carbocycles. The number of rotatable bonds is 4. The van der Waals surface area contributed by atoms with Crippen LogP contribution in [0.25, 0.3) is 11.1 Å². The summed E-state index contributed by atoms with van der Waals surface area (Å²) in [7, 11) is 17.5. The van der Waals surface area contributed by atoms with Gasteiger partial charge in [-0.25, -0.2) is 0 Å². The van der Waals surface area contributed by atoms with Gasteiger partial charge in [0.2, 0.25) is 0 Å². The van der Waals surface area contributed by atoms with E-state index >= 15 is 0 Å². The summed E-state index contributed by atoms with van der Waals surface area (Å²) in [5.74, 6) is 0. The maximum atomic E-state index is 8.77. The SMILES string of the molecule is Cc1cc2c(cc1C(C)(C)C)-c1cc(C(C)(C)C)c(C)cc1[CH]2[Zr]([Cl])([Cl])(=[C](c1cccc(Br)c1)c1cccc(Br)c1)[CH]1C=CC=C1. The van der Waals surface area contributed by atoms with Crippen LogP contribution in [-0.4, -0.2) is 3.21 Å². The summed E-state index contributed by atoms with van der Waals surface area (Å²) in [5.41, 5.74) is 12.5. The van der Waals surface area contributed by atoms with E-state index in [0.29, 0.717) is 0 Å². The van der Waals surface area contributed by atoms with Gasteiger partial charge in [0.05, 0.1) is 0 Å². The van der Waals surface area contributed by atoms with Crippen molar-refractivity contribution in [3.05, 3.63) is 151 Å². The van der Waals surface area contributed by atoms with Crippen LogP contribution in [0.3, 0.4) is 0 Å². The molecule has 0 unspecified atom stereocenters. The molecular weight excluding hydrogens is 814 g/mol. The number of hydrogen-bond acceptors (Lipinski definition) is 0. The Morgan fingerprint density at radius 1 is 0.630 bits per heavy atom. The van der Waals surface area contributed by atoms with Crippen molar-refractivity contribution in [2.45, 2.75) is 73.5 Å². The molecule has 5 heteroatoms. The van der Waals surface area contributed by atoms with Crippen LogP contribution < -0.4 is 0 Å². The molecule has 2 aliphatic carbocycles. The zero-order chi connectivity index (χ0) is 33.4. The van der Waals surface area contributed by atoms with E-state index in [1.165, 1.54) is 44.5 Å². The number of aryl methyl sites for hydroxylation is 2. The maximum absolute atomic E-state index is 8.77. The Balaban J connectivity index is 1.87. The fraction of sp³-hybridized carbons (Fsp3) is 0.293. The molecule has 0 aromatic heterocycles. The molecule has 0 amide bonds. The third-order valence-corrected chi connectivity index (χ3v) is 30.5. The first kappa shape index (κ1) is 34.5. The van der Waals surface area contributed by atoms with Crippen molar-refractivity contribution in [2.24, 2.45) is 0 Å². The van der Waals surface area contributed by atoms with E-state index in [0.717, 1.165) is 23.3 Å². The molecule has 0 N–H and O–H groups in total. The van der Waals surface area contributed by atoms with Crippen molar-refractivity contribution in [3.63, 3.8) is 0 Å². The molecule has 0 radical (unpaired) electrons. The van der Waals surface area contributed by atoms with Gasteiger partial charge < -0.3 is 0 Å². The van der Waals surface area contributed by atoms with Gasteiger partial charge in [-0.2, -0.15) is 0 Å². The van der Waals surface area contributed by atoms with Crippen LogP contribution in [0.5, 0.6) is 0 Å². The fourth-order valence-electron chi connectivity index (χ4n) is 8.05. The zero-order valence-corrected chi connectivity index (χ0v) is 35.0. The molecule has 238 valence electrons. The summed E-state index contributed by atoms with van der Waals surface area (Å²) < 4.78 is 2.83. The molecule has 0 bridgehead atoms. The first-order valence-corrected chi connectivity index (χ1v) is 28.0. The van der Waals surface area contributed by atoms with E-state index in [1.54, 1.807) is 0 Å². The van der Waals surface area contributed by atoms with Gasteiger partial charge in [0, 0.05) is 0 Å². The fourth-order valence-corrected chi connectivity index (χ4v) is 28.1. The number of benzene rings is 4. The quantitative estimate of drug-likeness (QED) is 0.192. The molecule has 6 rings (SSSR count). The molecule has 0 fully saturated rings. The minimum atomic E-state index is -5.44. The standard InChI is InChI=1S/C23H29.C13H8Br2.C5H5.2ClH.Zr/c1-14-9-16-11-17-10-15(2)21(23(6,7)8)13-19(17)18(16)12-20(14)22(3,4)5;14-12-5-1-3-10(8-12)7-11-4-2-6-13(15)9-11;1-2-4-5-3-1;;;/h9-13H,1-8H3;1-6,8-9H;1-5H;2*1H;/q;;;;;+2/p-2. The van der Waals surface area contributed by atoms with Crippen LogP contribution in [0.15, 0.2) is 106 Å². The Bertz CT molecular complexity index is 1900. The van der Waals surface area contributed by atoms with Crippen LogP contribution in [0.4, 0.5) is 0 Å². The van der Waals surface area contributed by atoms with Crippen LogP contribution in [0, 0.1) is 13.8 Å². The molecule has 0 saturated heterocycles. The Kier molecular flexibility index (Phi) is 8.94. The Labute approximate surface area is 300 Å². The predicted molar refractivity (Wildman–Crippen MR) is 206 cm³/mol. The summed E-state index contributed by atoms with van der Waals surface area (Å²) in [4.78, 5) is 0. The van der Waals surface area contributed by atoms with Gasteiger partial charge in [0.1, 0.15) is 0 Å². The number of allylic oxidation sites excluding steroid dienone is 4. The van der Waals surface area contributed by atoms with Crippen molar-refractivity contribution in [1.29, 1.82) is 0 Å². The third kappa shape index (κ3) is 5.73. The Morgan fingerprint density at radius 2 is 1.04 bits per heavy atom. The first-order valence-electron chi connectivity index (χ1n) is 16.0. The van der Waals surface area contributed by atoms with E-state index in [-0.39, 0.29) is 18.1 Å². The average Bonchev–Trinajstić information content (AvgIpc) is 3.59. The van der Waals surface area contributed by atoms with Gasteiger partial charge in [0.15, 0.2) is 0 Å². The number of hydrogen-bond donors (Lipinski definition) is 0. The van der Waals surface area contributed by atoms with Crippen molar-refractivity contribution in [1.82, 2.24) is 0 Å². The van der Waals surface area contributed by atoms with Gasteiger partial charge in [-0.1, -0.05) is 0 Å². The summed E-state index contributed by atoms with van der Waals surface area (Å²) in [6, 6.07) is 26.8. The van der Waals surface area contributed by atoms with Crippen LogP contribution >= 0.6 is 48.9 Å². The van der Waals surface area contributed by atoms with Crippen LogP contribution in [0.1, 0.15) is 89.7 Å². The average molecular weight is 857 g/mol. The van der Waals surface area contributed by atoms with E-state index in [9.17, 15) is 0 Å². The van der Waals surface area contributed by atoms with Gasteiger partial charge in [0.25, 0.3) is 0 Å². The molecule has 46 heavy (non-hydrogen) atoms. The Hall–Kier alpha value is -1.35. The van der Waals surface area contributed by atoms with Crippen molar-refractivity contribution >= 4 is 52.1 Å². The van der Waals surface area contributed by atoms with E-state index in [1.807, 2.05) is 0 Å². The molecule has 4 aromatic rings. The monoisotopic (exact) mass is 852 g/mol. The molecular formula is C41H42Br2Cl2Zr. The molecule has 0 spiro atoms. The molecule has 4 aromatic carbocycles. The zero-order valence-electron chi connectivity index (χ0n) is 27.9. The molecule has 0 heterocycles. The van der Waals surface area contributed by atoms with Gasteiger partial charge in [-0.3, -0.25) is 0 Å². The van der Waals surface area contributed by atoms with Crippen molar-refractivity contribution < 1.29 is 15.9 Å². The van der Waals surface area contributed by atoms with Gasteiger partial charge >= 0.3 is 303 Å². The summed E-state index contributed by atoms with van der Waals surface area (Å²) in [6.07, 6.45) is 8.76. The molecule has 2 aliphatic rings. The number of halogens is 4. The first-order chi connectivity index (χ1) is 21.4. The van der Waals surface area contributed by atoms with E-state index in [2.05, 4.69) is 184 Å².